The van der Waals surface area contributed by atoms with E-state index in [-0.39, 0.29) is 10.6 Å². The molecule has 1 heterocycles. The summed E-state index contributed by atoms with van der Waals surface area (Å²) in [6.45, 7) is 0.824. The molecule has 6 heteroatoms. The summed E-state index contributed by atoms with van der Waals surface area (Å²) in [5.74, 6) is -2.56. The van der Waals surface area contributed by atoms with Crippen LogP contribution in [0, 0.1) is 0 Å². The van der Waals surface area contributed by atoms with E-state index in [0.29, 0.717) is 16.9 Å². The summed E-state index contributed by atoms with van der Waals surface area (Å²) in [6, 6.07) is 4.08. The molecule has 0 spiro atoms. The van der Waals surface area contributed by atoms with Crippen molar-refractivity contribution in [3.63, 3.8) is 0 Å². The number of nitrogens with two attached hydrogens (primary N) is 1. The van der Waals surface area contributed by atoms with Gasteiger partial charge in [-0.3, -0.25) is 5.10 Å². The van der Waals surface area contributed by atoms with Gasteiger partial charge in [0.25, 0.3) is 5.92 Å². The molecule has 0 aliphatic rings. The van der Waals surface area contributed by atoms with Crippen LogP contribution in [-0.2, 0) is 5.92 Å². The molecule has 3 nitrogen and oxygen atoms in total. The SMILES string of the molecule is CC(F)(F)c1ccc(-c2cn[nH]c2N)c(Cl)c1. The number of H-pyrrole nitrogens is 1. The summed E-state index contributed by atoms with van der Waals surface area (Å²) < 4.78 is 26.2. The highest BCUT2D eigenvalue weighted by atomic mass is 35.5. The second kappa shape index (κ2) is 4.00. The first-order valence-electron chi connectivity index (χ1n) is 4.86. The molecule has 0 radical (unpaired) electrons. The van der Waals surface area contributed by atoms with Gasteiger partial charge in [0.05, 0.1) is 6.20 Å². The minimum atomic E-state index is -2.91. The molecular weight excluding hydrogens is 248 g/mol. The number of nitrogens with zero attached hydrogens (tertiary/aromatic N) is 1. The van der Waals surface area contributed by atoms with Gasteiger partial charge in [0.1, 0.15) is 5.82 Å². The fraction of sp³-hybridized carbons (Fsp3) is 0.182. The molecule has 0 atom stereocenters. The van der Waals surface area contributed by atoms with Crippen molar-refractivity contribution < 1.29 is 8.78 Å². The predicted octanol–water partition coefficient (Wildman–Crippen LogP) is 3.42. The standard InChI is InChI=1S/C11H10ClF2N3/c1-11(13,14)6-2-3-7(9(12)4-6)8-5-16-17-10(8)15/h2-5H,1H3,(H3,15,16,17). The van der Waals surface area contributed by atoms with Crippen LogP contribution < -0.4 is 5.73 Å². The summed E-state index contributed by atoms with van der Waals surface area (Å²) in [5.41, 5.74) is 6.68. The number of nitrogen functional groups attached to an aromatic ring is 1. The number of hydrogen-bond acceptors (Lipinski definition) is 2. The molecular formula is C11H10ClF2N3. The van der Waals surface area contributed by atoms with E-state index in [1.165, 1.54) is 24.4 Å². The molecule has 0 amide bonds. The van der Waals surface area contributed by atoms with Gasteiger partial charge in [-0.05, 0) is 6.07 Å². The van der Waals surface area contributed by atoms with Crippen molar-refractivity contribution in [1.29, 1.82) is 0 Å². The van der Waals surface area contributed by atoms with Crippen LogP contribution in [0.5, 0.6) is 0 Å². The Balaban J connectivity index is 2.50. The highest BCUT2D eigenvalue weighted by Crippen LogP contribution is 2.35. The molecule has 2 aromatic rings. The molecule has 0 aliphatic carbocycles. The summed E-state index contributed by atoms with van der Waals surface area (Å²) in [5, 5.41) is 6.53. The molecule has 1 aromatic carbocycles. The third-order valence-electron chi connectivity index (χ3n) is 2.43. The zero-order valence-corrected chi connectivity index (χ0v) is 9.72. The van der Waals surface area contributed by atoms with Gasteiger partial charge in [-0.1, -0.05) is 23.7 Å². The van der Waals surface area contributed by atoms with Crippen molar-refractivity contribution in [3.05, 3.63) is 35.0 Å². The fourth-order valence-electron chi connectivity index (χ4n) is 1.52. The van der Waals surface area contributed by atoms with Gasteiger partial charge < -0.3 is 5.73 Å². The Morgan fingerprint density at radius 1 is 1.35 bits per heavy atom. The van der Waals surface area contributed by atoms with E-state index in [1.54, 1.807) is 0 Å². The quantitative estimate of drug-likeness (QED) is 0.866. The number of anilines is 1. The zero-order chi connectivity index (χ0) is 12.6. The summed E-state index contributed by atoms with van der Waals surface area (Å²) >= 11 is 5.97. The number of benzene rings is 1. The van der Waals surface area contributed by atoms with Gasteiger partial charge in [-0.25, -0.2) is 8.78 Å². The molecule has 2 rings (SSSR count). The predicted molar refractivity (Wildman–Crippen MR) is 63.0 cm³/mol. The summed E-state index contributed by atoms with van der Waals surface area (Å²) in [6.07, 6.45) is 1.50. The Morgan fingerprint density at radius 2 is 2.06 bits per heavy atom. The smallest absolute Gasteiger partial charge is 0.270 e. The normalized spacial score (nSPS) is 11.8. The maximum atomic E-state index is 13.1. The number of hydrogen-bond donors (Lipinski definition) is 2. The van der Waals surface area contributed by atoms with Crippen molar-refractivity contribution in [2.75, 3.05) is 5.73 Å². The molecule has 90 valence electrons. The van der Waals surface area contributed by atoms with Crippen LogP contribution in [0.2, 0.25) is 5.02 Å². The van der Waals surface area contributed by atoms with Crippen LogP contribution in [0.4, 0.5) is 14.6 Å². The highest BCUT2D eigenvalue weighted by molar-refractivity contribution is 6.33. The van der Waals surface area contributed by atoms with Crippen LogP contribution in [0.3, 0.4) is 0 Å². The van der Waals surface area contributed by atoms with E-state index < -0.39 is 5.92 Å². The van der Waals surface area contributed by atoms with Gasteiger partial charge in [0, 0.05) is 28.6 Å². The monoisotopic (exact) mass is 257 g/mol. The lowest BCUT2D eigenvalue weighted by Crippen LogP contribution is -2.06. The molecule has 0 aliphatic heterocycles. The lowest BCUT2D eigenvalue weighted by Gasteiger charge is -2.12. The Kier molecular flexibility index (Phi) is 2.79. The first-order valence-corrected chi connectivity index (χ1v) is 5.24. The van der Waals surface area contributed by atoms with Crippen LogP contribution in [0.1, 0.15) is 12.5 Å². The molecule has 0 unspecified atom stereocenters. The van der Waals surface area contributed by atoms with E-state index in [2.05, 4.69) is 10.2 Å². The average Bonchev–Trinajstić information content (AvgIpc) is 2.63. The first-order chi connectivity index (χ1) is 7.89. The van der Waals surface area contributed by atoms with Gasteiger partial charge in [-0.2, -0.15) is 5.10 Å². The van der Waals surface area contributed by atoms with Crippen molar-refractivity contribution in [1.82, 2.24) is 10.2 Å². The van der Waals surface area contributed by atoms with Crippen molar-refractivity contribution in [3.8, 4) is 11.1 Å². The molecule has 1 aromatic heterocycles. The number of halogens is 3. The van der Waals surface area contributed by atoms with Gasteiger partial charge in [0.2, 0.25) is 0 Å². The highest BCUT2D eigenvalue weighted by Gasteiger charge is 2.25. The zero-order valence-electron chi connectivity index (χ0n) is 8.97. The van der Waals surface area contributed by atoms with Crippen molar-refractivity contribution in [2.24, 2.45) is 0 Å². The van der Waals surface area contributed by atoms with Crippen LogP contribution in [0.15, 0.2) is 24.4 Å². The van der Waals surface area contributed by atoms with Gasteiger partial charge in [-0.15, -0.1) is 0 Å². The first kappa shape index (κ1) is 11.9. The van der Waals surface area contributed by atoms with Crippen LogP contribution in [-0.4, -0.2) is 10.2 Å². The van der Waals surface area contributed by atoms with Crippen molar-refractivity contribution >= 4 is 17.4 Å². The summed E-state index contributed by atoms with van der Waals surface area (Å²) in [4.78, 5) is 0. The fourth-order valence-corrected chi connectivity index (χ4v) is 1.80. The van der Waals surface area contributed by atoms with E-state index in [1.807, 2.05) is 0 Å². The van der Waals surface area contributed by atoms with E-state index in [0.717, 1.165) is 6.92 Å². The number of rotatable bonds is 2. The Bertz CT molecular complexity index is 546. The Hall–Kier alpha value is -1.62. The lowest BCUT2D eigenvalue weighted by atomic mass is 10.0. The lowest BCUT2D eigenvalue weighted by molar-refractivity contribution is 0.0175. The summed E-state index contributed by atoms with van der Waals surface area (Å²) in [7, 11) is 0. The second-order valence-corrected chi connectivity index (χ2v) is 4.19. The number of nitrogens with one attached hydrogen (secondary N) is 1. The largest absolute Gasteiger partial charge is 0.384 e. The molecule has 0 fully saturated rings. The number of alkyl halides is 2. The minimum absolute atomic E-state index is 0.131. The van der Waals surface area contributed by atoms with E-state index in [9.17, 15) is 8.78 Å². The third kappa shape index (κ3) is 2.24. The topological polar surface area (TPSA) is 54.7 Å². The second-order valence-electron chi connectivity index (χ2n) is 3.78. The Morgan fingerprint density at radius 3 is 2.53 bits per heavy atom. The third-order valence-corrected chi connectivity index (χ3v) is 2.75. The molecule has 3 N–H and O–H groups in total. The minimum Gasteiger partial charge on any atom is -0.384 e. The number of aromatic nitrogens is 2. The molecule has 0 saturated carbocycles. The van der Waals surface area contributed by atoms with Gasteiger partial charge in [0.15, 0.2) is 0 Å². The average molecular weight is 258 g/mol. The van der Waals surface area contributed by atoms with E-state index in [4.69, 9.17) is 17.3 Å². The van der Waals surface area contributed by atoms with Crippen molar-refractivity contribution in [2.45, 2.75) is 12.8 Å². The van der Waals surface area contributed by atoms with E-state index >= 15 is 0 Å². The van der Waals surface area contributed by atoms with Gasteiger partial charge >= 0.3 is 0 Å². The van der Waals surface area contributed by atoms with Crippen LogP contribution >= 0.6 is 11.6 Å². The molecule has 17 heavy (non-hydrogen) atoms. The maximum absolute atomic E-state index is 13.1. The number of aromatic amines is 1. The van der Waals surface area contributed by atoms with Crippen LogP contribution in [0.25, 0.3) is 11.1 Å². The molecule has 0 saturated heterocycles. The maximum Gasteiger partial charge on any atom is 0.270 e. The Labute approximate surface area is 102 Å². The molecule has 0 bridgehead atoms.